The van der Waals surface area contributed by atoms with Crippen LogP contribution in [0.15, 0.2) is 18.2 Å². The van der Waals surface area contributed by atoms with Crippen molar-refractivity contribution < 1.29 is 0 Å². The van der Waals surface area contributed by atoms with Crippen LogP contribution in [0.4, 0.5) is 0 Å². The molecular formula is C19H30N2. The van der Waals surface area contributed by atoms with E-state index in [1.807, 2.05) is 0 Å². The van der Waals surface area contributed by atoms with Crippen LogP contribution in [0, 0.1) is 13.8 Å². The first kappa shape index (κ1) is 15.1. The maximum Gasteiger partial charge on any atom is 0.0308 e. The summed E-state index contributed by atoms with van der Waals surface area (Å²) < 4.78 is 0. The predicted molar refractivity (Wildman–Crippen MR) is 89.6 cm³/mol. The molecule has 1 aromatic rings. The van der Waals surface area contributed by atoms with Crippen LogP contribution in [0.3, 0.4) is 0 Å². The van der Waals surface area contributed by atoms with E-state index in [-0.39, 0.29) is 0 Å². The molecule has 0 atom stereocenters. The van der Waals surface area contributed by atoms with E-state index in [0.29, 0.717) is 5.54 Å². The van der Waals surface area contributed by atoms with Crippen molar-refractivity contribution >= 4 is 0 Å². The summed E-state index contributed by atoms with van der Waals surface area (Å²) in [6.45, 7) is 9.21. The monoisotopic (exact) mass is 286 g/mol. The van der Waals surface area contributed by atoms with E-state index in [2.05, 4.69) is 42.3 Å². The fourth-order valence-corrected chi connectivity index (χ4v) is 4.34. The van der Waals surface area contributed by atoms with Gasteiger partial charge in [-0.1, -0.05) is 48.6 Å². The fourth-order valence-electron chi connectivity index (χ4n) is 4.34. The molecule has 0 bridgehead atoms. The van der Waals surface area contributed by atoms with E-state index in [1.165, 1.54) is 74.8 Å². The first-order valence-electron chi connectivity index (χ1n) is 8.70. The van der Waals surface area contributed by atoms with E-state index in [4.69, 9.17) is 0 Å². The summed E-state index contributed by atoms with van der Waals surface area (Å²) >= 11 is 0. The Morgan fingerprint density at radius 2 is 1.71 bits per heavy atom. The van der Waals surface area contributed by atoms with Crippen LogP contribution in [0.25, 0.3) is 0 Å². The highest BCUT2D eigenvalue weighted by Gasteiger charge is 2.34. The Balaban J connectivity index is 1.71. The highest BCUT2D eigenvalue weighted by atomic mass is 15.2. The van der Waals surface area contributed by atoms with Gasteiger partial charge in [-0.25, -0.2) is 0 Å². The zero-order valence-electron chi connectivity index (χ0n) is 13.8. The Bertz CT molecular complexity index is 454. The molecule has 3 rings (SSSR count). The molecule has 2 nitrogen and oxygen atoms in total. The summed E-state index contributed by atoms with van der Waals surface area (Å²) in [4.78, 5) is 2.69. The van der Waals surface area contributed by atoms with Gasteiger partial charge in [-0.15, -0.1) is 0 Å². The second-order valence-electron chi connectivity index (χ2n) is 7.33. The van der Waals surface area contributed by atoms with Crippen LogP contribution >= 0.6 is 0 Å². The van der Waals surface area contributed by atoms with Gasteiger partial charge in [0.15, 0.2) is 0 Å². The number of nitrogens with zero attached hydrogens (tertiary/aromatic N) is 1. The van der Waals surface area contributed by atoms with Gasteiger partial charge in [-0.05, 0) is 51.8 Å². The average Bonchev–Trinajstić information content (AvgIpc) is 2.61. The average molecular weight is 286 g/mol. The molecule has 0 amide bonds. The molecule has 116 valence electrons. The van der Waals surface area contributed by atoms with Gasteiger partial charge in [-0.3, -0.25) is 4.90 Å². The first-order chi connectivity index (χ1) is 10.2. The lowest BCUT2D eigenvalue weighted by Crippen LogP contribution is -2.52. The number of hydrogen-bond donors (Lipinski definition) is 1. The highest BCUT2D eigenvalue weighted by molar-refractivity contribution is 5.28. The molecule has 21 heavy (non-hydrogen) atoms. The number of aryl methyl sites for hydroxylation is 2. The molecule has 2 fully saturated rings. The Morgan fingerprint density at radius 1 is 1.00 bits per heavy atom. The van der Waals surface area contributed by atoms with E-state index < -0.39 is 0 Å². The van der Waals surface area contributed by atoms with Gasteiger partial charge >= 0.3 is 0 Å². The molecule has 1 saturated carbocycles. The molecule has 1 N–H and O–H groups in total. The first-order valence-corrected chi connectivity index (χ1v) is 8.70. The van der Waals surface area contributed by atoms with Crippen LogP contribution in [-0.2, 0) is 6.54 Å². The highest BCUT2D eigenvalue weighted by Crippen LogP contribution is 2.30. The van der Waals surface area contributed by atoms with Gasteiger partial charge in [0.2, 0.25) is 0 Å². The summed E-state index contributed by atoms with van der Waals surface area (Å²) in [6.07, 6.45) is 8.27. The molecule has 1 aliphatic carbocycles. The zero-order chi connectivity index (χ0) is 14.7. The fraction of sp³-hybridized carbons (Fsp3) is 0.684. The summed E-state index contributed by atoms with van der Waals surface area (Å²) in [5, 5.41) is 3.89. The number of nitrogens with one attached hydrogen (secondary N) is 1. The molecule has 1 heterocycles. The minimum atomic E-state index is 0.410. The van der Waals surface area contributed by atoms with Gasteiger partial charge in [-0.2, -0.15) is 0 Å². The standard InChI is InChI=1S/C19H30N2/c1-16-11-17(2)13-18(12-16)14-21-10-6-9-20-19(15-21)7-4-3-5-8-19/h11-13,20H,3-10,14-15H2,1-2H3. The molecule has 1 aliphatic heterocycles. The summed E-state index contributed by atoms with van der Waals surface area (Å²) in [5.74, 6) is 0. The van der Waals surface area contributed by atoms with E-state index in [0.717, 1.165) is 6.54 Å². The van der Waals surface area contributed by atoms with Crippen molar-refractivity contribution in [2.45, 2.75) is 64.5 Å². The van der Waals surface area contributed by atoms with Crippen LogP contribution < -0.4 is 5.32 Å². The number of hydrogen-bond acceptors (Lipinski definition) is 2. The lowest BCUT2D eigenvalue weighted by Gasteiger charge is -2.40. The third-order valence-electron chi connectivity index (χ3n) is 5.18. The molecule has 2 aliphatic rings. The predicted octanol–water partition coefficient (Wildman–Crippen LogP) is 3.80. The Hall–Kier alpha value is -0.860. The summed E-state index contributed by atoms with van der Waals surface area (Å²) in [6, 6.07) is 6.99. The van der Waals surface area contributed by atoms with Crippen molar-refractivity contribution in [2.75, 3.05) is 19.6 Å². The maximum atomic E-state index is 3.89. The van der Waals surface area contributed by atoms with E-state index in [9.17, 15) is 0 Å². The van der Waals surface area contributed by atoms with E-state index in [1.54, 1.807) is 0 Å². The largest absolute Gasteiger partial charge is 0.310 e. The third kappa shape index (κ3) is 3.87. The van der Waals surface area contributed by atoms with Crippen molar-refractivity contribution in [2.24, 2.45) is 0 Å². The van der Waals surface area contributed by atoms with Gasteiger partial charge in [0.1, 0.15) is 0 Å². The third-order valence-corrected chi connectivity index (χ3v) is 5.18. The van der Waals surface area contributed by atoms with Gasteiger partial charge in [0.05, 0.1) is 0 Å². The molecule has 0 radical (unpaired) electrons. The van der Waals surface area contributed by atoms with Crippen molar-refractivity contribution in [1.82, 2.24) is 10.2 Å². The summed E-state index contributed by atoms with van der Waals surface area (Å²) in [7, 11) is 0. The molecule has 0 aromatic heterocycles. The van der Waals surface area contributed by atoms with Crippen LogP contribution in [-0.4, -0.2) is 30.1 Å². The molecule has 0 unspecified atom stereocenters. The number of benzene rings is 1. The number of rotatable bonds is 2. The molecule has 1 spiro atoms. The lowest BCUT2D eigenvalue weighted by molar-refractivity contribution is 0.159. The molecule has 1 aromatic carbocycles. The van der Waals surface area contributed by atoms with Crippen molar-refractivity contribution in [3.8, 4) is 0 Å². The Morgan fingerprint density at radius 3 is 2.43 bits per heavy atom. The second-order valence-corrected chi connectivity index (χ2v) is 7.33. The van der Waals surface area contributed by atoms with Crippen molar-refractivity contribution in [3.05, 3.63) is 34.9 Å². The van der Waals surface area contributed by atoms with Crippen LogP contribution in [0.2, 0.25) is 0 Å². The molecule has 2 heteroatoms. The van der Waals surface area contributed by atoms with Gasteiger partial charge in [0.25, 0.3) is 0 Å². The topological polar surface area (TPSA) is 15.3 Å². The SMILES string of the molecule is Cc1cc(C)cc(CN2CCCNC3(CCCCC3)C2)c1. The second kappa shape index (κ2) is 6.50. The van der Waals surface area contributed by atoms with Crippen LogP contribution in [0.1, 0.15) is 55.2 Å². The molecule has 1 saturated heterocycles. The maximum absolute atomic E-state index is 3.89. The quantitative estimate of drug-likeness (QED) is 0.889. The van der Waals surface area contributed by atoms with Gasteiger partial charge in [0, 0.05) is 18.6 Å². The minimum Gasteiger partial charge on any atom is -0.310 e. The lowest BCUT2D eigenvalue weighted by atomic mass is 9.81. The van der Waals surface area contributed by atoms with E-state index >= 15 is 0 Å². The normalized spacial score (nSPS) is 23.1. The van der Waals surface area contributed by atoms with Crippen LogP contribution in [0.5, 0.6) is 0 Å². The van der Waals surface area contributed by atoms with Gasteiger partial charge < -0.3 is 5.32 Å². The Kier molecular flexibility index (Phi) is 4.66. The molecular weight excluding hydrogens is 256 g/mol. The summed E-state index contributed by atoms with van der Waals surface area (Å²) in [5.41, 5.74) is 4.68. The van der Waals surface area contributed by atoms with Crippen molar-refractivity contribution in [3.63, 3.8) is 0 Å². The minimum absolute atomic E-state index is 0.410. The Labute approximate surface area is 129 Å². The van der Waals surface area contributed by atoms with Crippen molar-refractivity contribution in [1.29, 1.82) is 0 Å². The zero-order valence-corrected chi connectivity index (χ0v) is 13.8. The smallest absolute Gasteiger partial charge is 0.0308 e.